The number of methoxy groups -OCH3 is 1. The lowest BCUT2D eigenvalue weighted by atomic mass is 10.2. The Morgan fingerprint density at radius 2 is 1.72 bits per heavy atom. The molecule has 102 valence electrons. The molecule has 0 aliphatic heterocycles. The van der Waals surface area contributed by atoms with Gasteiger partial charge in [-0.1, -0.05) is 19.1 Å². The molecule has 2 N–H and O–H groups in total. The molecule has 0 unspecified atom stereocenters. The van der Waals surface area contributed by atoms with E-state index in [9.17, 15) is 4.79 Å². The molecule has 1 rings (SSSR count). The first-order chi connectivity index (χ1) is 8.28. The normalized spacial score (nSPS) is 10.1. The van der Waals surface area contributed by atoms with Gasteiger partial charge in [0.1, 0.15) is 11.4 Å². The van der Waals surface area contributed by atoms with Gasteiger partial charge in [0.2, 0.25) is 0 Å². The van der Waals surface area contributed by atoms with Crippen LogP contribution in [0.25, 0.3) is 0 Å². The van der Waals surface area contributed by atoms with E-state index >= 15 is 0 Å². The highest BCUT2D eigenvalue weighted by molar-refractivity contribution is 5.65. The number of rotatable bonds is 2. The van der Waals surface area contributed by atoms with E-state index in [-0.39, 0.29) is 0 Å². The third-order valence-electron chi connectivity index (χ3n) is 1.97. The smallest absolute Gasteiger partial charge is 0.405 e. The molecular formula is C14H23NO3. The summed E-state index contributed by atoms with van der Waals surface area (Å²) in [6.45, 7) is 7.43. The fraction of sp³-hybridized carbons (Fsp3) is 0.500. The standard InChI is InChI=1S/C9H12O.C5H11NO2/c1-3-8-4-6-9(10-2)7-5-8;1-5(2,3)8-4(6)7/h4-7H,3H2,1-2H3;1-3H3,(H2,6,7). The van der Waals surface area contributed by atoms with Crippen LogP contribution in [0.4, 0.5) is 4.79 Å². The summed E-state index contributed by atoms with van der Waals surface area (Å²) in [5.74, 6) is 0.928. The quantitative estimate of drug-likeness (QED) is 0.880. The van der Waals surface area contributed by atoms with Crippen LogP contribution in [-0.4, -0.2) is 18.8 Å². The summed E-state index contributed by atoms with van der Waals surface area (Å²) in [5.41, 5.74) is 5.61. The fourth-order valence-corrected chi connectivity index (χ4v) is 1.16. The maximum Gasteiger partial charge on any atom is 0.405 e. The van der Waals surface area contributed by atoms with Crippen molar-refractivity contribution >= 4 is 6.09 Å². The average Bonchev–Trinajstić information content (AvgIpc) is 2.26. The predicted octanol–water partition coefficient (Wildman–Crippen LogP) is 3.14. The van der Waals surface area contributed by atoms with Crippen LogP contribution in [-0.2, 0) is 11.2 Å². The van der Waals surface area contributed by atoms with Crippen molar-refractivity contribution in [3.05, 3.63) is 29.8 Å². The Balaban J connectivity index is 0.000000331. The molecule has 0 bridgehead atoms. The zero-order chi connectivity index (χ0) is 14.2. The molecule has 0 aliphatic rings. The van der Waals surface area contributed by atoms with E-state index in [1.54, 1.807) is 27.9 Å². The highest BCUT2D eigenvalue weighted by Gasteiger charge is 2.12. The first-order valence-electron chi connectivity index (χ1n) is 5.90. The molecule has 4 nitrogen and oxygen atoms in total. The summed E-state index contributed by atoms with van der Waals surface area (Å²) >= 11 is 0. The summed E-state index contributed by atoms with van der Waals surface area (Å²) in [6, 6.07) is 8.13. The van der Waals surface area contributed by atoms with Gasteiger partial charge in [0.15, 0.2) is 0 Å². The predicted molar refractivity (Wildman–Crippen MR) is 72.8 cm³/mol. The highest BCUT2D eigenvalue weighted by atomic mass is 16.6. The Labute approximate surface area is 109 Å². The number of primary amides is 1. The maximum absolute atomic E-state index is 10.0. The van der Waals surface area contributed by atoms with Crippen LogP contribution in [0, 0.1) is 0 Å². The van der Waals surface area contributed by atoms with E-state index < -0.39 is 11.7 Å². The summed E-state index contributed by atoms with van der Waals surface area (Å²) in [6.07, 6.45) is 0.363. The van der Waals surface area contributed by atoms with Gasteiger partial charge in [-0.3, -0.25) is 0 Å². The van der Waals surface area contributed by atoms with E-state index in [0.29, 0.717) is 0 Å². The molecule has 0 heterocycles. The van der Waals surface area contributed by atoms with Crippen molar-refractivity contribution in [2.45, 2.75) is 39.7 Å². The Hall–Kier alpha value is -1.71. The van der Waals surface area contributed by atoms with Gasteiger partial charge in [0.25, 0.3) is 0 Å². The zero-order valence-corrected chi connectivity index (χ0v) is 11.8. The second-order valence-electron chi connectivity index (χ2n) is 4.74. The van der Waals surface area contributed by atoms with Crippen LogP contribution in [0.15, 0.2) is 24.3 Å². The van der Waals surface area contributed by atoms with Crippen molar-refractivity contribution in [2.24, 2.45) is 5.73 Å². The Morgan fingerprint density at radius 1 is 1.22 bits per heavy atom. The van der Waals surface area contributed by atoms with E-state index in [1.807, 2.05) is 12.1 Å². The molecule has 1 amide bonds. The number of benzene rings is 1. The molecule has 1 aromatic rings. The van der Waals surface area contributed by atoms with Crippen LogP contribution in [0.3, 0.4) is 0 Å². The van der Waals surface area contributed by atoms with E-state index in [2.05, 4.69) is 23.8 Å². The van der Waals surface area contributed by atoms with Gasteiger partial charge in [-0.25, -0.2) is 4.79 Å². The van der Waals surface area contributed by atoms with Gasteiger partial charge in [-0.15, -0.1) is 0 Å². The Morgan fingerprint density at radius 3 is 1.94 bits per heavy atom. The number of hydrogen-bond acceptors (Lipinski definition) is 3. The molecular weight excluding hydrogens is 230 g/mol. The monoisotopic (exact) mass is 253 g/mol. The van der Waals surface area contributed by atoms with Crippen molar-refractivity contribution in [3.8, 4) is 5.75 Å². The SMILES string of the molecule is CC(C)(C)OC(N)=O.CCc1ccc(OC)cc1. The minimum absolute atomic E-state index is 0.453. The van der Waals surface area contributed by atoms with Gasteiger partial charge in [-0.2, -0.15) is 0 Å². The molecule has 0 radical (unpaired) electrons. The topological polar surface area (TPSA) is 61.5 Å². The summed E-state index contributed by atoms with van der Waals surface area (Å²) in [4.78, 5) is 10.0. The van der Waals surface area contributed by atoms with Crippen molar-refractivity contribution < 1.29 is 14.3 Å². The minimum atomic E-state index is -0.725. The van der Waals surface area contributed by atoms with Crippen molar-refractivity contribution in [3.63, 3.8) is 0 Å². The second-order valence-corrected chi connectivity index (χ2v) is 4.74. The van der Waals surface area contributed by atoms with Crippen LogP contribution < -0.4 is 10.5 Å². The third kappa shape index (κ3) is 8.44. The number of carbonyl (C=O) groups excluding carboxylic acids is 1. The molecule has 0 fully saturated rings. The number of hydrogen-bond donors (Lipinski definition) is 1. The molecule has 0 atom stereocenters. The summed E-state index contributed by atoms with van der Waals surface area (Å²) < 4.78 is 9.59. The number of nitrogens with two attached hydrogens (primary N) is 1. The molecule has 0 aliphatic carbocycles. The third-order valence-corrected chi connectivity index (χ3v) is 1.97. The van der Waals surface area contributed by atoms with Crippen LogP contribution >= 0.6 is 0 Å². The zero-order valence-electron chi connectivity index (χ0n) is 11.8. The van der Waals surface area contributed by atoms with Crippen molar-refractivity contribution in [1.29, 1.82) is 0 Å². The Kier molecular flexibility index (Phi) is 6.86. The number of carbonyl (C=O) groups is 1. The molecule has 0 spiro atoms. The van der Waals surface area contributed by atoms with Crippen LogP contribution in [0.1, 0.15) is 33.3 Å². The van der Waals surface area contributed by atoms with Crippen LogP contribution in [0.5, 0.6) is 5.75 Å². The van der Waals surface area contributed by atoms with Crippen LogP contribution in [0.2, 0.25) is 0 Å². The molecule has 18 heavy (non-hydrogen) atoms. The maximum atomic E-state index is 10.0. The van der Waals surface area contributed by atoms with Gasteiger partial charge in [-0.05, 0) is 44.9 Å². The lowest BCUT2D eigenvalue weighted by Gasteiger charge is -2.16. The van der Waals surface area contributed by atoms with Gasteiger partial charge < -0.3 is 15.2 Å². The largest absolute Gasteiger partial charge is 0.497 e. The van der Waals surface area contributed by atoms with Gasteiger partial charge >= 0.3 is 6.09 Å². The first-order valence-corrected chi connectivity index (χ1v) is 5.90. The number of ether oxygens (including phenoxy) is 2. The molecule has 1 aromatic carbocycles. The molecule has 4 heteroatoms. The second kappa shape index (κ2) is 7.58. The van der Waals surface area contributed by atoms with Gasteiger partial charge in [0, 0.05) is 0 Å². The van der Waals surface area contributed by atoms with E-state index in [1.165, 1.54) is 5.56 Å². The van der Waals surface area contributed by atoms with Crippen molar-refractivity contribution in [2.75, 3.05) is 7.11 Å². The fourth-order valence-electron chi connectivity index (χ4n) is 1.16. The summed E-state index contributed by atoms with van der Waals surface area (Å²) in [5, 5.41) is 0. The molecule has 0 saturated heterocycles. The first kappa shape index (κ1) is 16.3. The minimum Gasteiger partial charge on any atom is -0.497 e. The van der Waals surface area contributed by atoms with E-state index in [4.69, 9.17) is 10.5 Å². The lowest BCUT2D eigenvalue weighted by Crippen LogP contribution is -2.27. The van der Waals surface area contributed by atoms with Crippen molar-refractivity contribution in [1.82, 2.24) is 0 Å². The summed E-state index contributed by atoms with van der Waals surface area (Å²) in [7, 11) is 1.68. The number of amides is 1. The average molecular weight is 253 g/mol. The Bertz CT molecular complexity index is 329. The van der Waals surface area contributed by atoms with Gasteiger partial charge in [0.05, 0.1) is 7.11 Å². The lowest BCUT2D eigenvalue weighted by molar-refractivity contribution is 0.0600. The molecule has 0 aromatic heterocycles. The molecule has 0 saturated carbocycles. The number of aryl methyl sites for hydroxylation is 1. The van der Waals surface area contributed by atoms with E-state index in [0.717, 1.165) is 12.2 Å². The highest BCUT2D eigenvalue weighted by Crippen LogP contribution is 2.10.